The number of nitrogens with two attached hydrogens (primary N) is 1. The molecular formula is C25H25ClN6O2. The van der Waals surface area contributed by atoms with Gasteiger partial charge in [-0.1, -0.05) is 23.7 Å². The second kappa shape index (κ2) is 10.0. The molecule has 0 bridgehead atoms. The molecule has 0 spiro atoms. The molecule has 5 N–H and O–H groups in total. The Labute approximate surface area is 201 Å². The summed E-state index contributed by atoms with van der Waals surface area (Å²) in [5.41, 5.74) is 10.5. The number of aliphatic hydroxyl groups excluding tert-OH is 1. The standard InChI is InChI=1S/C25H25ClN6O2/c1-14-8-17(23(27)28-2)11-20-22(14)32-24(31-20)21-19(6-7-29-25(21)34)30-12-16(13-33)9-15-4-3-5-18(26)10-15/h3-8,10-12,16,33H,9,13H2,1-2H3,(H2,27,28)(H,29,34)(H,31,32). The number of imidazole rings is 1. The monoisotopic (exact) mass is 476 g/mol. The largest absolute Gasteiger partial charge is 0.396 e. The minimum absolute atomic E-state index is 0.0957. The van der Waals surface area contributed by atoms with Crippen LogP contribution in [-0.2, 0) is 6.42 Å². The molecule has 0 aliphatic rings. The van der Waals surface area contributed by atoms with Crippen LogP contribution in [-0.4, -0.2) is 45.8 Å². The molecule has 2 heterocycles. The molecule has 2 aromatic heterocycles. The number of aromatic nitrogens is 3. The van der Waals surface area contributed by atoms with Gasteiger partial charge in [0.25, 0.3) is 5.56 Å². The second-order valence-corrected chi connectivity index (χ2v) is 8.44. The maximum Gasteiger partial charge on any atom is 0.261 e. The van der Waals surface area contributed by atoms with Crippen molar-refractivity contribution in [1.82, 2.24) is 15.0 Å². The summed E-state index contributed by atoms with van der Waals surface area (Å²) in [6.07, 6.45) is 3.75. The smallest absolute Gasteiger partial charge is 0.261 e. The van der Waals surface area contributed by atoms with E-state index >= 15 is 0 Å². The van der Waals surface area contributed by atoms with Crippen LogP contribution in [0.2, 0.25) is 5.02 Å². The molecule has 174 valence electrons. The minimum Gasteiger partial charge on any atom is -0.396 e. The van der Waals surface area contributed by atoms with Gasteiger partial charge in [0, 0.05) is 36.0 Å². The third-order valence-electron chi connectivity index (χ3n) is 5.54. The van der Waals surface area contributed by atoms with E-state index in [0.29, 0.717) is 34.4 Å². The SMILES string of the molecule is CN=C(N)c1cc(C)c2nc(-c3c(N=CC(CO)Cc4cccc(Cl)c4)cc[nH]c3=O)[nH]c2c1. The van der Waals surface area contributed by atoms with Crippen molar-refractivity contribution in [2.45, 2.75) is 13.3 Å². The van der Waals surface area contributed by atoms with E-state index in [1.54, 1.807) is 25.4 Å². The van der Waals surface area contributed by atoms with Gasteiger partial charge in [-0.25, -0.2) is 4.98 Å². The summed E-state index contributed by atoms with van der Waals surface area (Å²) in [5.74, 6) is 0.563. The summed E-state index contributed by atoms with van der Waals surface area (Å²) in [6, 6.07) is 12.9. The van der Waals surface area contributed by atoms with E-state index < -0.39 is 0 Å². The number of nitrogens with zero attached hydrogens (tertiary/aromatic N) is 3. The van der Waals surface area contributed by atoms with Crippen LogP contribution in [0.25, 0.3) is 22.4 Å². The Kier molecular flexibility index (Phi) is 6.90. The van der Waals surface area contributed by atoms with Gasteiger partial charge in [0.05, 0.1) is 23.3 Å². The average molecular weight is 477 g/mol. The number of amidine groups is 1. The maximum absolute atomic E-state index is 12.8. The highest BCUT2D eigenvalue weighted by Gasteiger charge is 2.16. The average Bonchev–Trinajstić information content (AvgIpc) is 3.25. The van der Waals surface area contributed by atoms with Crippen LogP contribution >= 0.6 is 11.6 Å². The predicted octanol–water partition coefficient (Wildman–Crippen LogP) is 3.77. The van der Waals surface area contributed by atoms with Crippen LogP contribution in [0.15, 0.2) is 63.4 Å². The number of aromatic amines is 2. The van der Waals surface area contributed by atoms with Gasteiger partial charge >= 0.3 is 0 Å². The Morgan fingerprint density at radius 2 is 2.12 bits per heavy atom. The fourth-order valence-corrected chi connectivity index (χ4v) is 4.02. The van der Waals surface area contributed by atoms with Crippen LogP contribution in [0.4, 0.5) is 5.69 Å². The van der Waals surface area contributed by atoms with Gasteiger partial charge in [0.15, 0.2) is 0 Å². The first-order chi connectivity index (χ1) is 16.4. The maximum atomic E-state index is 12.8. The Bertz CT molecular complexity index is 1450. The lowest BCUT2D eigenvalue weighted by Crippen LogP contribution is -2.13. The lowest BCUT2D eigenvalue weighted by Gasteiger charge is -2.09. The summed E-state index contributed by atoms with van der Waals surface area (Å²) in [5, 5.41) is 10.5. The van der Waals surface area contributed by atoms with Crippen LogP contribution in [0.5, 0.6) is 0 Å². The molecule has 0 radical (unpaired) electrons. The fourth-order valence-electron chi connectivity index (χ4n) is 3.81. The number of fused-ring (bicyclic) bond motifs is 1. The number of pyridine rings is 1. The highest BCUT2D eigenvalue weighted by molar-refractivity contribution is 6.30. The van der Waals surface area contributed by atoms with E-state index in [-0.39, 0.29) is 18.1 Å². The van der Waals surface area contributed by atoms with Crippen LogP contribution in [0.1, 0.15) is 16.7 Å². The molecule has 8 nitrogen and oxygen atoms in total. The summed E-state index contributed by atoms with van der Waals surface area (Å²) < 4.78 is 0. The van der Waals surface area contributed by atoms with E-state index in [1.807, 2.05) is 37.3 Å². The molecule has 4 rings (SSSR count). The Hall–Kier alpha value is -3.75. The first-order valence-electron chi connectivity index (χ1n) is 10.7. The minimum atomic E-state index is -0.323. The number of aliphatic imine (C=N–C) groups is 2. The van der Waals surface area contributed by atoms with Gasteiger partial charge in [-0.05, 0) is 54.8 Å². The summed E-state index contributed by atoms with van der Waals surface area (Å²) in [4.78, 5) is 31.9. The van der Waals surface area contributed by atoms with E-state index in [4.69, 9.17) is 17.3 Å². The van der Waals surface area contributed by atoms with Gasteiger partial charge in [-0.3, -0.25) is 14.8 Å². The molecule has 0 amide bonds. The van der Waals surface area contributed by atoms with Crippen LogP contribution < -0.4 is 11.3 Å². The van der Waals surface area contributed by atoms with Gasteiger partial charge in [-0.15, -0.1) is 0 Å². The Morgan fingerprint density at radius 1 is 1.29 bits per heavy atom. The molecule has 1 unspecified atom stereocenters. The molecular weight excluding hydrogens is 452 g/mol. The zero-order chi connectivity index (χ0) is 24.2. The van der Waals surface area contributed by atoms with Crippen molar-refractivity contribution >= 4 is 40.4 Å². The highest BCUT2D eigenvalue weighted by atomic mass is 35.5. The molecule has 2 aromatic carbocycles. The number of aryl methyl sites for hydroxylation is 1. The summed E-state index contributed by atoms with van der Waals surface area (Å²) >= 11 is 6.07. The molecule has 9 heteroatoms. The van der Waals surface area contributed by atoms with Crippen LogP contribution in [0.3, 0.4) is 0 Å². The van der Waals surface area contributed by atoms with Gasteiger partial charge in [0.2, 0.25) is 0 Å². The fraction of sp³-hybridized carbons (Fsp3) is 0.200. The summed E-state index contributed by atoms with van der Waals surface area (Å²) in [7, 11) is 1.63. The van der Waals surface area contributed by atoms with E-state index in [9.17, 15) is 9.90 Å². The van der Waals surface area contributed by atoms with Gasteiger partial charge in [0.1, 0.15) is 17.2 Å². The number of H-pyrrole nitrogens is 2. The number of benzene rings is 2. The lowest BCUT2D eigenvalue weighted by molar-refractivity contribution is 0.263. The van der Waals surface area contributed by atoms with Crippen molar-refractivity contribution < 1.29 is 5.11 Å². The molecule has 0 saturated carbocycles. The third kappa shape index (κ3) is 4.93. The van der Waals surface area contributed by atoms with Crippen molar-refractivity contribution in [2.24, 2.45) is 21.6 Å². The normalized spacial score (nSPS) is 13.1. The first-order valence-corrected chi connectivity index (χ1v) is 11.1. The Morgan fingerprint density at radius 3 is 2.85 bits per heavy atom. The van der Waals surface area contributed by atoms with Gasteiger partial charge in [-0.2, -0.15) is 0 Å². The second-order valence-electron chi connectivity index (χ2n) is 8.01. The number of hydrogen-bond donors (Lipinski definition) is 4. The topological polar surface area (TPSA) is 133 Å². The van der Waals surface area contributed by atoms with Crippen molar-refractivity contribution in [1.29, 1.82) is 0 Å². The summed E-state index contributed by atoms with van der Waals surface area (Å²) in [6.45, 7) is 1.83. The number of nitrogens with one attached hydrogen (secondary N) is 2. The molecule has 0 aliphatic heterocycles. The zero-order valence-corrected chi connectivity index (χ0v) is 19.6. The molecule has 0 saturated heterocycles. The molecule has 1 atom stereocenters. The van der Waals surface area contributed by atoms with Crippen molar-refractivity contribution in [2.75, 3.05) is 13.7 Å². The third-order valence-corrected chi connectivity index (χ3v) is 5.77. The lowest BCUT2D eigenvalue weighted by atomic mass is 10.0. The number of rotatable bonds is 7. The van der Waals surface area contributed by atoms with Crippen molar-refractivity contribution in [3.63, 3.8) is 0 Å². The quantitative estimate of drug-likeness (QED) is 0.238. The van der Waals surface area contributed by atoms with E-state index in [1.165, 1.54) is 6.20 Å². The van der Waals surface area contributed by atoms with Gasteiger partial charge < -0.3 is 20.8 Å². The van der Waals surface area contributed by atoms with Crippen LogP contribution in [0, 0.1) is 12.8 Å². The highest BCUT2D eigenvalue weighted by Crippen LogP contribution is 2.28. The molecule has 34 heavy (non-hydrogen) atoms. The first kappa shape index (κ1) is 23.4. The Balaban J connectivity index is 1.71. The number of aliphatic hydroxyl groups is 1. The van der Waals surface area contributed by atoms with Crippen molar-refractivity contribution in [3.8, 4) is 11.4 Å². The number of hydrogen-bond acceptors (Lipinski definition) is 5. The zero-order valence-electron chi connectivity index (χ0n) is 18.8. The molecule has 4 aromatic rings. The molecule has 0 aliphatic carbocycles. The number of halogens is 1. The predicted molar refractivity (Wildman–Crippen MR) is 137 cm³/mol. The van der Waals surface area contributed by atoms with E-state index in [2.05, 4.69) is 24.9 Å². The molecule has 0 fully saturated rings. The van der Waals surface area contributed by atoms with Crippen molar-refractivity contribution in [3.05, 3.63) is 80.7 Å². The van der Waals surface area contributed by atoms with E-state index in [0.717, 1.165) is 27.7 Å².